The van der Waals surface area contributed by atoms with E-state index in [0.717, 1.165) is 19.3 Å². The van der Waals surface area contributed by atoms with Crippen LogP contribution in [0, 0.1) is 0 Å². The highest BCUT2D eigenvalue weighted by Crippen LogP contribution is 2.55. The van der Waals surface area contributed by atoms with Crippen molar-refractivity contribution in [3.63, 3.8) is 0 Å². The second-order valence-electron chi connectivity index (χ2n) is 8.09. The van der Waals surface area contributed by atoms with Crippen molar-refractivity contribution in [2.75, 3.05) is 73.2 Å². The van der Waals surface area contributed by atoms with Gasteiger partial charge in [-0.05, 0) is 19.3 Å². The molecule has 35 heavy (non-hydrogen) atoms. The average molecular weight is 551 g/mol. The molecule has 0 aliphatic carbocycles. The van der Waals surface area contributed by atoms with Gasteiger partial charge in [-0.15, -0.1) is 0 Å². The highest BCUT2D eigenvalue weighted by atomic mass is 31.2. The van der Waals surface area contributed by atoms with Crippen LogP contribution in [-0.4, -0.2) is 101 Å². The van der Waals surface area contributed by atoms with E-state index in [4.69, 9.17) is 32.5 Å². The Hall–Kier alpha value is 0.1000. The van der Waals surface area contributed by atoms with E-state index in [-0.39, 0.29) is 32.1 Å². The first-order valence-corrected chi connectivity index (χ1v) is 15.7. The largest absolute Gasteiger partial charge is 0.388 e. The van der Waals surface area contributed by atoms with E-state index >= 15 is 0 Å². The van der Waals surface area contributed by atoms with Crippen molar-refractivity contribution in [1.29, 1.82) is 0 Å². The Labute approximate surface area is 211 Å². The Morgan fingerprint density at radius 2 is 1.26 bits per heavy atom. The highest BCUT2D eigenvalue weighted by molar-refractivity contribution is 7.54. The van der Waals surface area contributed by atoms with Gasteiger partial charge >= 0.3 is 15.2 Å². The second-order valence-corrected chi connectivity index (χ2v) is 12.8. The van der Waals surface area contributed by atoms with Crippen molar-refractivity contribution in [3.05, 3.63) is 0 Å². The molecular formula is C22H48O11P2. The molecule has 0 amide bonds. The molecule has 13 heteroatoms. The zero-order valence-electron chi connectivity index (χ0n) is 22.1. The van der Waals surface area contributed by atoms with Gasteiger partial charge in [0.05, 0.1) is 77.4 Å². The van der Waals surface area contributed by atoms with Crippen LogP contribution in [0.5, 0.6) is 0 Å². The molecule has 2 N–H and O–H groups in total. The predicted molar refractivity (Wildman–Crippen MR) is 134 cm³/mol. The third-order valence-electron chi connectivity index (χ3n) is 5.32. The van der Waals surface area contributed by atoms with Crippen molar-refractivity contribution in [2.45, 2.75) is 70.8 Å². The second kappa shape index (κ2) is 21.1. The molecule has 0 aliphatic rings. The normalized spacial score (nSPS) is 18.0. The molecule has 0 bridgehead atoms. The van der Waals surface area contributed by atoms with Gasteiger partial charge < -0.3 is 42.5 Å². The SMILES string of the molecule is CCCC(CC)P(=O)(OC)OCCOCCOCCOCCOCC(O)COP(=O)(O)C(C)CC. The summed E-state index contributed by atoms with van der Waals surface area (Å²) in [6, 6.07) is 0. The van der Waals surface area contributed by atoms with Crippen LogP contribution in [0.25, 0.3) is 0 Å². The van der Waals surface area contributed by atoms with E-state index in [2.05, 4.69) is 0 Å². The zero-order chi connectivity index (χ0) is 26.6. The molecule has 0 fully saturated rings. The van der Waals surface area contributed by atoms with E-state index < -0.39 is 27.0 Å². The molecule has 0 aromatic carbocycles. The van der Waals surface area contributed by atoms with Crippen molar-refractivity contribution < 1.29 is 51.6 Å². The quantitative estimate of drug-likeness (QED) is 0.127. The number of rotatable bonds is 25. The first-order chi connectivity index (χ1) is 16.7. The van der Waals surface area contributed by atoms with Gasteiger partial charge in [-0.3, -0.25) is 9.13 Å². The minimum absolute atomic E-state index is 0.0149. The molecule has 0 radical (unpaired) electrons. The molecule has 0 rings (SSSR count). The molecular weight excluding hydrogens is 502 g/mol. The summed E-state index contributed by atoms with van der Waals surface area (Å²) in [4.78, 5) is 9.72. The summed E-state index contributed by atoms with van der Waals surface area (Å²) in [7, 11) is -5.40. The van der Waals surface area contributed by atoms with Crippen LogP contribution >= 0.6 is 15.2 Å². The molecule has 0 aromatic rings. The zero-order valence-corrected chi connectivity index (χ0v) is 23.9. The summed E-state index contributed by atoms with van der Waals surface area (Å²) in [5, 5.41) is 9.77. The highest BCUT2D eigenvalue weighted by Gasteiger charge is 2.32. The minimum atomic E-state index is -3.71. The summed E-state index contributed by atoms with van der Waals surface area (Å²) in [5.74, 6) is 0. The maximum absolute atomic E-state index is 12.8. The van der Waals surface area contributed by atoms with Crippen LogP contribution in [0.2, 0.25) is 0 Å². The lowest BCUT2D eigenvalue weighted by molar-refractivity contribution is -0.0260. The topological polar surface area (TPSA) is 139 Å². The summed E-state index contributed by atoms with van der Waals surface area (Å²) in [6.45, 7) is 9.83. The van der Waals surface area contributed by atoms with Gasteiger partial charge in [0.15, 0.2) is 0 Å². The van der Waals surface area contributed by atoms with Gasteiger partial charge in [-0.25, -0.2) is 0 Å². The van der Waals surface area contributed by atoms with Crippen LogP contribution in [0.4, 0.5) is 0 Å². The number of hydrogen-bond acceptors (Lipinski definition) is 10. The summed E-state index contributed by atoms with van der Waals surface area (Å²) < 4.78 is 61.8. The van der Waals surface area contributed by atoms with Crippen LogP contribution in [0.15, 0.2) is 0 Å². The fourth-order valence-corrected chi connectivity index (χ4v) is 5.99. The summed E-state index contributed by atoms with van der Waals surface area (Å²) in [5.41, 5.74) is -0.566. The van der Waals surface area contributed by atoms with Gasteiger partial charge in [0, 0.05) is 7.11 Å². The maximum Gasteiger partial charge on any atom is 0.333 e. The van der Waals surface area contributed by atoms with Gasteiger partial charge in [-0.1, -0.05) is 34.1 Å². The minimum Gasteiger partial charge on any atom is -0.388 e. The van der Waals surface area contributed by atoms with E-state index in [1.54, 1.807) is 13.8 Å². The number of aliphatic hydroxyl groups is 1. The van der Waals surface area contributed by atoms with Crippen LogP contribution < -0.4 is 0 Å². The third-order valence-corrected chi connectivity index (χ3v) is 9.89. The maximum atomic E-state index is 12.8. The van der Waals surface area contributed by atoms with E-state index in [0.29, 0.717) is 46.1 Å². The lowest BCUT2D eigenvalue weighted by Gasteiger charge is -2.24. The van der Waals surface area contributed by atoms with Gasteiger partial charge in [-0.2, -0.15) is 0 Å². The smallest absolute Gasteiger partial charge is 0.333 e. The van der Waals surface area contributed by atoms with Gasteiger partial charge in [0.1, 0.15) is 6.10 Å². The fraction of sp³-hybridized carbons (Fsp3) is 1.00. The molecule has 5 unspecified atom stereocenters. The van der Waals surface area contributed by atoms with Crippen LogP contribution in [0.3, 0.4) is 0 Å². The lowest BCUT2D eigenvalue weighted by Crippen LogP contribution is -2.23. The van der Waals surface area contributed by atoms with Crippen LogP contribution in [0.1, 0.15) is 53.4 Å². The van der Waals surface area contributed by atoms with Gasteiger partial charge in [0.25, 0.3) is 0 Å². The Kier molecular flexibility index (Phi) is 21.1. The van der Waals surface area contributed by atoms with E-state index in [1.165, 1.54) is 7.11 Å². The molecule has 0 heterocycles. The van der Waals surface area contributed by atoms with Gasteiger partial charge in [0.2, 0.25) is 0 Å². The standard InChI is InChI=1S/C22H48O11P2/c1-6-9-22(8-3)35(26,27-5)32-17-16-30-13-12-28-10-11-29-14-15-31-18-21(23)19-33-34(24,25)20(4)7-2/h20-23H,6-19H2,1-5H3,(H,24,25). The van der Waals surface area contributed by atoms with Crippen molar-refractivity contribution in [3.8, 4) is 0 Å². The number of ether oxygens (including phenoxy) is 4. The molecule has 0 saturated carbocycles. The monoisotopic (exact) mass is 550 g/mol. The van der Waals surface area contributed by atoms with E-state index in [1.807, 2.05) is 13.8 Å². The van der Waals surface area contributed by atoms with E-state index in [9.17, 15) is 19.1 Å². The summed E-state index contributed by atoms with van der Waals surface area (Å²) in [6.07, 6.45) is 1.99. The molecule has 5 atom stereocenters. The number of aliphatic hydroxyl groups excluding tert-OH is 1. The summed E-state index contributed by atoms with van der Waals surface area (Å²) >= 11 is 0. The molecule has 0 spiro atoms. The van der Waals surface area contributed by atoms with Crippen molar-refractivity contribution >= 4 is 15.2 Å². The Bertz CT molecular complexity index is 594. The Morgan fingerprint density at radius 1 is 0.743 bits per heavy atom. The predicted octanol–water partition coefficient (Wildman–Crippen LogP) is 3.85. The average Bonchev–Trinajstić information content (AvgIpc) is 2.85. The number of hydrogen-bond donors (Lipinski definition) is 2. The molecule has 0 aliphatic heterocycles. The molecule has 0 saturated heterocycles. The first kappa shape index (κ1) is 35.1. The first-order valence-electron chi connectivity index (χ1n) is 12.4. The lowest BCUT2D eigenvalue weighted by atomic mass is 10.2. The van der Waals surface area contributed by atoms with Crippen molar-refractivity contribution in [2.24, 2.45) is 0 Å². The van der Waals surface area contributed by atoms with Crippen LogP contribution in [-0.2, 0) is 41.6 Å². The fourth-order valence-electron chi connectivity index (χ4n) is 2.93. The van der Waals surface area contributed by atoms with Crippen molar-refractivity contribution in [1.82, 2.24) is 0 Å². The Balaban J connectivity index is 3.60. The molecule has 11 nitrogen and oxygen atoms in total. The molecule has 212 valence electrons. The third kappa shape index (κ3) is 16.5. The molecule has 0 aromatic heterocycles. The Morgan fingerprint density at radius 3 is 1.71 bits per heavy atom.